The Morgan fingerprint density at radius 3 is 2.25 bits per heavy atom. The molecule has 0 N–H and O–H groups in total. The maximum absolute atomic E-state index is 4.95. The lowest BCUT2D eigenvalue weighted by atomic mass is 10.1. The molecule has 3 rings (SSSR count). The molecule has 0 bridgehead atoms. The number of pyridine rings is 3. The Morgan fingerprint density at radius 1 is 0.750 bits per heavy atom. The third-order valence-corrected chi connectivity index (χ3v) is 3.13. The average Bonchev–Trinajstić information content (AvgIpc) is 2.56. The van der Waals surface area contributed by atoms with Crippen LogP contribution in [0.25, 0.3) is 22.8 Å². The zero-order valence-electron chi connectivity index (χ0n) is 10.6. The first-order chi connectivity index (χ1) is 9.86. The van der Waals surface area contributed by atoms with Crippen LogP contribution in [0, 0.1) is 0 Å². The molecule has 0 fully saturated rings. The molecule has 3 nitrogen and oxygen atoms in total. The molecule has 3 aromatic heterocycles. The van der Waals surface area contributed by atoms with Gasteiger partial charge in [0, 0.05) is 17.8 Å². The number of aromatic nitrogens is 3. The molecule has 0 unspecified atom stereocenters. The van der Waals surface area contributed by atoms with Crippen LogP contribution in [0.4, 0.5) is 0 Å². The van der Waals surface area contributed by atoms with E-state index in [0.29, 0.717) is 0 Å². The van der Waals surface area contributed by atoms with Crippen molar-refractivity contribution in [1.29, 1.82) is 0 Å². The second-order valence-corrected chi connectivity index (χ2v) is 4.45. The van der Waals surface area contributed by atoms with Gasteiger partial charge in [0.05, 0.1) is 22.8 Å². The van der Waals surface area contributed by atoms with Crippen molar-refractivity contribution in [3.63, 3.8) is 0 Å². The molecule has 0 radical (unpaired) electrons. The topological polar surface area (TPSA) is 38.7 Å². The highest BCUT2D eigenvalue weighted by Gasteiger charge is 2.05. The Bertz CT molecular complexity index is 741. The smallest absolute Gasteiger partial charge is 0.0894 e. The van der Waals surface area contributed by atoms with Crippen molar-refractivity contribution in [2.24, 2.45) is 0 Å². The van der Waals surface area contributed by atoms with Crippen molar-refractivity contribution in [3.05, 3.63) is 66.5 Å². The van der Waals surface area contributed by atoms with E-state index in [1.807, 2.05) is 48.5 Å². The standard InChI is InChI=1S/C16H11N3S/c20-11-12-7-9-18-16(10-12)15-6-3-5-14(19-15)13-4-1-2-8-17-13/h1-11H. The maximum atomic E-state index is 4.95. The van der Waals surface area contributed by atoms with Gasteiger partial charge in [0.15, 0.2) is 0 Å². The minimum atomic E-state index is 0.807. The fourth-order valence-corrected chi connectivity index (χ4v) is 2.04. The first-order valence-corrected chi connectivity index (χ1v) is 6.64. The van der Waals surface area contributed by atoms with Gasteiger partial charge in [-0.3, -0.25) is 9.97 Å². The molecule has 3 aromatic rings. The van der Waals surface area contributed by atoms with E-state index in [4.69, 9.17) is 12.2 Å². The summed E-state index contributed by atoms with van der Waals surface area (Å²) in [6, 6.07) is 15.4. The Labute approximate surface area is 122 Å². The van der Waals surface area contributed by atoms with Crippen LogP contribution in [-0.2, 0) is 0 Å². The number of thiocarbonyl (C=S) groups is 1. The summed E-state index contributed by atoms with van der Waals surface area (Å²) in [6.07, 6.45) is 3.50. The van der Waals surface area contributed by atoms with Crippen LogP contribution in [0.5, 0.6) is 0 Å². The Balaban J connectivity index is 2.05. The summed E-state index contributed by atoms with van der Waals surface area (Å²) in [6.45, 7) is 0. The number of hydrogen-bond acceptors (Lipinski definition) is 4. The predicted molar refractivity (Wildman–Crippen MR) is 83.5 cm³/mol. The summed E-state index contributed by atoms with van der Waals surface area (Å²) in [5.41, 5.74) is 4.25. The summed E-state index contributed by atoms with van der Waals surface area (Å²) >= 11 is 4.95. The zero-order chi connectivity index (χ0) is 13.8. The van der Waals surface area contributed by atoms with Gasteiger partial charge in [-0.1, -0.05) is 24.4 Å². The highest BCUT2D eigenvalue weighted by Crippen LogP contribution is 2.20. The highest BCUT2D eigenvalue weighted by molar-refractivity contribution is 7.79. The molecule has 0 aliphatic carbocycles. The first kappa shape index (κ1) is 12.6. The monoisotopic (exact) mass is 277 g/mol. The van der Waals surface area contributed by atoms with Crippen molar-refractivity contribution in [2.75, 3.05) is 0 Å². The fraction of sp³-hybridized carbons (Fsp3) is 0. The van der Waals surface area contributed by atoms with E-state index in [1.165, 1.54) is 0 Å². The lowest BCUT2D eigenvalue weighted by Crippen LogP contribution is -1.92. The second kappa shape index (κ2) is 5.67. The number of nitrogens with zero attached hydrogens (tertiary/aromatic N) is 3. The van der Waals surface area contributed by atoms with Crippen LogP contribution in [0.15, 0.2) is 60.9 Å². The first-order valence-electron chi connectivity index (χ1n) is 6.17. The van der Waals surface area contributed by atoms with Crippen molar-refractivity contribution < 1.29 is 0 Å². The summed E-state index contributed by atoms with van der Waals surface area (Å²) < 4.78 is 0. The van der Waals surface area contributed by atoms with Gasteiger partial charge in [-0.25, -0.2) is 4.98 Å². The van der Waals surface area contributed by atoms with E-state index in [-0.39, 0.29) is 0 Å². The van der Waals surface area contributed by atoms with Crippen LogP contribution in [-0.4, -0.2) is 20.3 Å². The van der Waals surface area contributed by atoms with E-state index in [9.17, 15) is 0 Å². The normalized spacial score (nSPS) is 10.2. The molecule has 0 saturated heterocycles. The predicted octanol–water partition coefficient (Wildman–Crippen LogP) is 3.55. The summed E-state index contributed by atoms with van der Waals surface area (Å²) in [4.78, 5) is 13.3. The third-order valence-electron chi connectivity index (χ3n) is 2.86. The molecule has 96 valence electrons. The largest absolute Gasteiger partial charge is 0.255 e. The van der Waals surface area contributed by atoms with Crippen LogP contribution in [0.2, 0.25) is 0 Å². The maximum Gasteiger partial charge on any atom is 0.0894 e. The van der Waals surface area contributed by atoms with Crippen molar-refractivity contribution in [1.82, 2.24) is 15.0 Å². The minimum Gasteiger partial charge on any atom is -0.255 e. The Kier molecular flexibility index (Phi) is 3.56. The molecular formula is C16H11N3S. The highest BCUT2D eigenvalue weighted by atomic mass is 32.1. The van der Waals surface area contributed by atoms with E-state index in [0.717, 1.165) is 28.3 Å². The quantitative estimate of drug-likeness (QED) is 0.686. The van der Waals surface area contributed by atoms with E-state index in [2.05, 4.69) is 15.0 Å². The Hall–Kier alpha value is -2.46. The molecule has 0 aromatic carbocycles. The van der Waals surface area contributed by atoms with Crippen LogP contribution < -0.4 is 0 Å². The van der Waals surface area contributed by atoms with Gasteiger partial charge >= 0.3 is 0 Å². The zero-order valence-corrected chi connectivity index (χ0v) is 11.4. The molecular weight excluding hydrogens is 266 g/mol. The molecule has 0 aliphatic rings. The number of hydrogen-bond donors (Lipinski definition) is 0. The van der Waals surface area contributed by atoms with Gasteiger partial charge in [0.1, 0.15) is 0 Å². The second-order valence-electron chi connectivity index (χ2n) is 4.22. The summed E-state index contributed by atoms with van der Waals surface area (Å²) in [7, 11) is 0. The minimum absolute atomic E-state index is 0.807. The van der Waals surface area contributed by atoms with E-state index < -0.39 is 0 Å². The van der Waals surface area contributed by atoms with Crippen LogP contribution in [0.3, 0.4) is 0 Å². The number of rotatable bonds is 3. The summed E-state index contributed by atoms with van der Waals surface area (Å²) in [5.74, 6) is 0. The molecule has 20 heavy (non-hydrogen) atoms. The van der Waals surface area contributed by atoms with Crippen molar-refractivity contribution in [3.8, 4) is 22.8 Å². The molecule has 0 atom stereocenters. The van der Waals surface area contributed by atoms with Crippen LogP contribution >= 0.6 is 12.2 Å². The summed E-state index contributed by atoms with van der Waals surface area (Å²) in [5, 5.41) is 1.63. The third kappa shape index (κ3) is 2.60. The molecule has 0 spiro atoms. The van der Waals surface area contributed by atoms with Crippen molar-refractivity contribution in [2.45, 2.75) is 0 Å². The molecule has 0 aliphatic heterocycles. The SMILES string of the molecule is S=Cc1ccnc(-c2cccc(-c3ccccn3)n2)c1. The van der Waals surface area contributed by atoms with Gasteiger partial charge < -0.3 is 0 Å². The van der Waals surface area contributed by atoms with Gasteiger partial charge in [-0.05, 0) is 42.0 Å². The van der Waals surface area contributed by atoms with Gasteiger partial charge in [0.25, 0.3) is 0 Å². The molecule has 4 heteroatoms. The van der Waals surface area contributed by atoms with E-state index >= 15 is 0 Å². The lowest BCUT2D eigenvalue weighted by Gasteiger charge is -2.04. The average molecular weight is 277 g/mol. The Morgan fingerprint density at radius 2 is 1.50 bits per heavy atom. The fourth-order valence-electron chi connectivity index (χ4n) is 1.89. The van der Waals surface area contributed by atoms with Gasteiger partial charge in [-0.15, -0.1) is 0 Å². The lowest BCUT2D eigenvalue weighted by molar-refractivity contribution is 1.22. The molecule has 0 amide bonds. The molecule has 3 heterocycles. The van der Waals surface area contributed by atoms with Gasteiger partial charge in [-0.2, -0.15) is 0 Å². The van der Waals surface area contributed by atoms with Gasteiger partial charge in [0.2, 0.25) is 0 Å². The van der Waals surface area contributed by atoms with Crippen molar-refractivity contribution >= 4 is 17.6 Å². The molecule has 0 saturated carbocycles. The van der Waals surface area contributed by atoms with Crippen LogP contribution in [0.1, 0.15) is 5.56 Å². The van der Waals surface area contributed by atoms with E-state index in [1.54, 1.807) is 17.8 Å².